The largest absolute Gasteiger partial charge is 0.481 e. The van der Waals surface area contributed by atoms with E-state index in [-0.39, 0.29) is 6.61 Å². The van der Waals surface area contributed by atoms with E-state index < -0.39 is 23.8 Å². The zero-order valence-electron chi connectivity index (χ0n) is 12.0. The molecule has 0 aromatic rings. The Morgan fingerprint density at radius 2 is 1.37 bits per heavy atom. The average molecular weight is 276 g/mol. The van der Waals surface area contributed by atoms with Gasteiger partial charge in [0.1, 0.15) is 6.54 Å². The summed E-state index contributed by atoms with van der Waals surface area (Å²) < 4.78 is 0.844. The maximum absolute atomic E-state index is 10.6. The van der Waals surface area contributed by atoms with E-state index in [1.54, 1.807) is 0 Å². The molecule has 3 N–H and O–H groups in total. The quantitative estimate of drug-likeness (QED) is 0.655. The van der Waals surface area contributed by atoms with E-state index >= 15 is 0 Å². The molecule has 0 amide bonds. The van der Waals surface area contributed by atoms with E-state index in [4.69, 9.17) is 15.3 Å². The molecule has 0 aromatic carbocycles. The van der Waals surface area contributed by atoms with Crippen LogP contribution in [0.4, 0.5) is 0 Å². The molecule has 0 heterocycles. The lowest BCUT2D eigenvalue weighted by molar-refractivity contribution is -0.870. The first-order valence-corrected chi connectivity index (χ1v) is 6.56. The van der Waals surface area contributed by atoms with Crippen LogP contribution in [0.25, 0.3) is 0 Å². The van der Waals surface area contributed by atoms with Gasteiger partial charge >= 0.3 is 11.9 Å². The molecule has 0 bridgehead atoms. The molecule has 1 fully saturated rings. The fourth-order valence-corrected chi connectivity index (χ4v) is 2.02. The highest BCUT2D eigenvalue weighted by atomic mass is 16.4. The number of aliphatic carboxylic acids is 2. The van der Waals surface area contributed by atoms with Crippen LogP contribution in [0.15, 0.2) is 0 Å². The van der Waals surface area contributed by atoms with Gasteiger partial charge in [0.15, 0.2) is 0 Å². The summed E-state index contributed by atoms with van der Waals surface area (Å²) in [7, 11) is 6.16. The SMILES string of the molecule is C[N+](C)(C)CCO.O=C(O)C1CCCCC1C(=O)O. The molecule has 2 unspecified atom stereocenters. The molecular formula is C13H26NO5+. The summed E-state index contributed by atoms with van der Waals surface area (Å²) >= 11 is 0. The first kappa shape index (κ1) is 17.9. The highest BCUT2D eigenvalue weighted by Gasteiger charge is 2.35. The van der Waals surface area contributed by atoms with Gasteiger partial charge in [0, 0.05) is 0 Å². The minimum atomic E-state index is -0.970. The van der Waals surface area contributed by atoms with E-state index in [0.717, 1.165) is 23.9 Å². The number of hydrogen-bond donors (Lipinski definition) is 3. The molecule has 112 valence electrons. The minimum absolute atomic E-state index is 0.281. The Kier molecular flexibility index (Phi) is 7.63. The van der Waals surface area contributed by atoms with E-state index in [2.05, 4.69) is 21.1 Å². The third-order valence-electron chi connectivity index (χ3n) is 3.17. The second kappa shape index (κ2) is 8.12. The number of quaternary nitrogens is 1. The highest BCUT2D eigenvalue weighted by Crippen LogP contribution is 2.30. The van der Waals surface area contributed by atoms with Gasteiger partial charge in [-0.05, 0) is 12.8 Å². The van der Waals surface area contributed by atoms with E-state index in [1.165, 1.54) is 0 Å². The van der Waals surface area contributed by atoms with Crippen molar-refractivity contribution in [2.45, 2.75) is 25.7 Å². The summed E-state index contributed by atoms with van der Waals surface area (Å²) in [6.07, 6.45) is 2.68. The summed E-state index contributed by atoms with van der Waals surface area (Å²) in [5.41, 5.74) is 0. The van der Waals surface area contributed by atoms with Crippen LogP contribution in [0.3, 0.4) is 0 Å². The van der Waals surface area contributed by atoms with Gasteiger partial charge in [-0.1, -0.05) is 12.8 Å². The van der Waals surface area contributed by atoms with Crippen molar-refractivity contribution < 1.29 is 29.4 Å². The maximum Gasteiger partial charge on any atom is 0.307 e. The fraction of sp³-hybridized carbons (Fsp3) is 0.846. The maximum atomic E-state index is 10.6. The second-order valence-electron chi connectivity index (χ2n) is 5.91. The second-order valence-corrected chi connectivity index (χ2v) is 5.91. The number of likely N-dealkylation sites (N-methyl/N-ethyl adjacent to an activating group) is 1. The zero-order valence-corrected chi connectivity index (χ0v) is 12.0. The lowest BCUT2D eigenvalue weighted by atomic mass is 9.79. The van der Waals surface area contributed by atoms with Gasteiger partial charge in [0.25, 0.3) is 0 Å². The van der Waals surface area contributed by atoms with Gasteiger partial charge in [-0.15, -0.1) is 0 Å². The third-order valence-corrected chi connectivity index (χ3v) is 3.17. The highest BCUT2D eigenvalue weighted by molar-refractivity contribution is 5.80. The summed E-state index contributed by atoms with van der Waals surface area (Å²) in [4.78, 5) is 21.2. The average Bonchev–Trinajstić information content (AvgIpc) is 2.28. The fourth-order valence-electron chi connectivity index (χ4n) is 2.02. The number of hydrogen-bond acceptors (Lipinski definition) is 3. The van der Waals surface area contributed by atoms with Crippen LogP contribution in [0.5, 0.6) is 0 Å². The monoisotopic (exact) mass is 276 g/mol. The predicted molar refractivity (Wildman–Crippen MR) is 70.7 cm³/mol. The molecule has 1 aliphatic carbocycles. The normalized spacial score (nSPS) is 23.2. The Morgan fingerprint density at radius 3 is 1.53 bits per heavy atom. The molecule has 6 heteroatoms. The molecule has 2 atom stereocenters. The first-order chi connectivity index (χ1) is 8.69. The molecule has 1 saturated carbocycles. The van der Waals surface area contributed by atoms with Crippen molar-refractivity contribution in [3.05, 3.63) is 0 Å². The summed E-state index contributed by atoms with van der Waals surface area (Å²) in [6.45, 7) is 1.11. The van der Waals surface area contributed by atoms with Crippen molar-refractivity contribution in [2.75, 3.05) is 34.3 Å². The Balaban J connectivity index is 0.000000399. The van der Waals surface area contributed by atoms with E-state index in [0.29, 0.717) is 12.8 Å². The number of nitrogens with zero attached hydrogens (tertiary/aromatic N) is 1. The van der Waals surface area contributed by atoms with Crippen molar-refractivity contribution >= 4 is 11.9 Å². The van der Waals surface area contributed by atoms with Crippen molar-refractivity contribution in [1.82, 2.24) is 0 Å². The smallest absolute Gasteiger partial charge is 0.307 e. The van der Waals surface area contributed by atoms with Gasteiger partial charge in [0.2, 0.25) is 0 Å². The minimum Gasteiger partial charge on any atom is -0.481 e. The third kappa shape index (κ3) is 7.79. The molecule has 0 saturated heterocycles. The number of rotatable bonds is 4. The van der Waals surface area contributed by atoms with Crippen LogP contribution in [0.1, 0.15) is 25.7 Å². The standard InChI is InChI=1S/C8H12O4.C5H14NO/c9-7(10)5-3-1-2-4-6(5)8(11)12;1-6(2,3)4-5-7/h5-6H,1-4H2,(H,9,10)(H,11,12);7H,4-5H2,1-3H3/q;+1. The van der Waals surface area contributed by atoms with Crippen LogP contribution in [-0.2, 0) is 9.59 Å². The molecule has 1 aliphatic rings. The summed E-state index contributed by atoms with van der Waals surface area (Å²) in [5.74, 6) is -3.28. The Labute approximate surface area is 114 Å². The number of carboxylic acid groups (broad SMARTS) is 2. The molecule has 19 heavy (non-hydrogen) atoms. The van der Waals surface area contributed by atoms with E-state index in [9.17, 15) is 9.59 Å². The summed E-state index contributed by atoms with van der Waals surface area (Å²) in [6, 6.07) is 0. The van der Waals surface area contributed by atoms with Crippen molar-refractivity contribution in [3.8, 4) is 0 Å². The van der Waals surface area contributed by atoms with Crippen molar-refractivity contribution in [1.29, 1.82) is 0 Å². The number of aliphatic hydroxyl groups excluding tert-OH is 1. The summed E-state index contributed by atoms with van der Waals surface area (Å²) in [5, 5.41) is 25.8. The molecule has 0 aliphatic heterocycles. The Morgan fingerprint density at radius 1 is 1.00 bits per heavy atom. The molecule has 0 spiro atoms. The molecular weight excluding hydrogens is 250 g/mol. The zero-order chi connectivity index (χ0) is 15.1. The molecule has 6 nitrogen and oxygen atoms in total. The van der Waals surface area contributed by atoms with Crippen LogP contribution in [0, 0.1) is 11.8 Å². The Hall–Kier alpha value is -1.14. The molecule has 0 aromatic heterocycles. The van der Waals surface area contributed by atoms with E-state index in [1.807, 2.05) is 0 Å². The van der Waals surface area contributed by atoms with Crippen LogP contribution < -0.4 is 0 Å². The van der Waals surface area contributed by atoms with Crippen molar-refractivity contribution in [2.24, 2.45) is 11.8 Å². The molecule has 1 rings (SSSR count). The van der Waals surface area contributed by atoms with Gasteiger partial charge < -0.3 is 19.8 Å². The first-order valence-electron chi connectivity index (χ1n) is 6.56. The topological polar surface area (TPSA) is 94.8 Å². The van der Waals surface area contributed by atoms with Gasteiger partial charge in [-0.25, -0.2) is 0 Å². The number of carbonyl (C=O) groups is 2. The number of carboxylic acids is 2. The molecule has 0 radical (unpaired) electrons. The lowest BCUT2D eigenvalue weighted by Crippen LogP contribution is -2.36. The predicted octanol–water partition coefficient (Wildman–Crippen LogP) is 0.647. The Bertz CT molecular complexity index is 276. The van der Waals surface area contributed by atoms with Gasteiger partial charge in [-0.2, -0.15) is 0 Å². The van der Waals surface area contributed by atoms with Crippen LogP contribution in [-0.4, -0.2) is 66.0 Å². The van der Waals surface area contributed by atoms with Crippen LogP contribution in [0.2, 0.25) is 0 Å². The number of aliphatic hydroxyl groups is 1. The van der Waals surface area contributed by atoms with Crippen LogP contribution >= 0.6 is 0 Å². The van der Waals surface area contributed by atoms with Crippen molar-refractivity contribution in [3.63, 3.8) is 0 Å². The lowest BCUT2D eigenvalue weighted by Gasteiger charge is -2.24. The van der Waals surface area contributed by atoms with Gasteiger partial charge in [-0.3, -0.25) is 9.59 Å². The van der Waals surface area contributed by atoms with Gasteiger partial charge in [0.05, 0.1) is 39.6 Å².